The predicted molar refractivity (Wildman–Crippen MR) is 106 cm³/mol. The Bertz CT molecular complexity index is 726. The van der Waals surface area contributed by atoms with E-state index in [0.717, 1.165) is 12.3 Å². The highest BCUT2D eigenvalue weighted by molar-refractivity contribution is 5.39. The van der Waals surface area contributed by atoms with Crippen LogP contribution in [-0.4, -0.2) is 23.8 Å². The molecule has 3 atom stereocenters. The van der Waals surface area contributed by atoms with Gasteiger partial charge in [-0.25, -0.2) is 0 Å². The maximum atomic E-state index is 10.5. The van der Waals surface area contributed by atoms with Crippen LogP contribution in [-0.2, 0) is 12.8 Å². The van der Waals surface area contributed by atoms with Crippen LogP contribution in [0.25, 0.3) is 0 Å². The first-order valence-electron chi connectivity index (χ1n) is 10.0. The molecule has 2 aliphatic carbocycles. The highest BCUT2D eigenvalue weighted by Gasteiger charge is 2.27. The van der Waals surface area contributed by atoms with Crippen LogP contribution in [0.2, 0.25) is 0 Å². The van der Waals surface area contributed by atoms with E-state index in [0.29, 0.717) is 19.0 Å². The first-order valence-corrected chi connectivity index (χ1v) is 10.0. The number of aryl methyl sites for hydroxylation is 1. The molecule has 2 aromatic carbocycles. The lowest BCUT2D eigenvalue weighted by Crippen LogP contribution is -2.44. The van der Waals surface area contributed by atoms with Gasteiger partial charge in [-0.1, -0.05) is 48.5 Å². The van der Waals surface area contributed by atoms with Gasteiger partial charge in [-0.2, -0.15) is 0 Å². The van der Waals surface area contributed by atoms with Gasteiger partial charge < -0.3 is 16.2 Å². The van der Waals surface area contributed by atoms with Crippen LogP contribution in [0.1, 0.15) is 59.9 Å². The summed E-state index contributed by atoms with van der Waals surface area (Å²) < 4.78 is 0. The molecule has 3 heteroatoms. The molecule has 138 valence electrons. The van der Waals surface area contributed by atoms with Crippen molar-refractivity contribution in [3.05, 3.63) is 70.8 Å². The lowest BCUT2D eigenvalue weighted by atomic mass is 9.85. The van der Waals surface area contributed by atoms with E-state index < -0.39 is 6.10 Å². The number of hydrogen-bond acceptors (Lipinski definition) is 3. The minimum Gasteiger partial charge on any atom is -0.390 e. The smallest absolute Gasteiger partial charge is 0.0818 e. The lowest BCUT2D eigenvalue weighted by Gasteiger charge is -2.29. The van der Waals surface area contributed by atoms with Crippen molar-refractivity contribution in [1.82, 2.24) is 5.32 Å². The van der Waals surface area contributed by atoms with Crippen molar-refractivity contribution in [2.75, 3.05) is 6.54 Å². The maximum Gasteiger partial charge on any atom is 0.0818 e. The molecule has 0 aliphatic heterocycles. The van der Waals surface area contributed by atoms with Crippen molar-refractivity contribution in [3.63, 3.8) is 0 Å². The highest BCUT2D eigenvalue weighted by atomic mass is 16.3. The Labute approximate surface area is 156 Å². The van der Waals surface area contributed by atoms with Gasteiger partial charge in [0.2, 0.25) is 0 Å². The number of benzene rings is 2. The molecule has 0 amide bonds. The van der Waals surface area contributed by atoms with Gasteiger partial charge in [0.05, 0.1) is 6.10 Å². The summed E-state index contributed by atoms with van der Waals surface area (Å²) >= 11 is 0. The fraction of sp³-hybridized carbons (Fsp3) is 0.478. The molecule has 0 spiro atoms. The average Bonchev–Trinajstić information content (AvgIpc) is 3.51. The lowest BCUT2D eigenvalue weighted by molar-refractivity contribution is 0.136. The molecule has 0 unspecified atom stereocenters. The minimum atomic E-state index is -0.535. The molecule has 26 heavy (non-hydrogen) atoms. The van der Waals surface area contributed by atoms with Gasteiger partial charge in [0.25, 0.3) is 0 Å². The third kappa shape index (κ3) is 4.17. The van der Waals surface area contributed by atoms with Crippen LogP contribution < -0.4 is 11.1 Å². The zero-order valence-electron chi connectivity index (χ0n) is 15.4. The number of fused-ring (bicyclic) bond motifs is 1. The molecule has 4 rings (SSSR count). The Balaban J connectivity index is 1.36. The summed E-state index contributed by atoms with van der Waals surface area (Å²) in [5.74, 6) is 0.785. The fourth-order valence-corrected chi connectivity index (χ4v) is 4.14. The molecule has 0 radical (unpaired) electrons. The molecule has 0 bridgehead atoms. The van der Waals surface area contributed by atoms with Crippen molar-refractivity contribution in [1.29, 1.82) is 0 Å². The Kier molecular flexibility index (Phi) is 5.39. The number of aliphatic hydroxyl groups excluding tert-OH is 1. The molecule has 1 saturated carbocycles. The average molecular weight is 351 g/mol. The molecule has 2 aromatic rings. The zero-order valence-corrected chi connectivity index (χ0v) is 15.4. The van der Waals surface area contributed by atoms with E-state index in [9.17, 15) is 5.11 Å². The Morgan fingerprint density at radius 2 is 1.88 bits per heavy atom. The number of aliphatic hydroxyl groups is 1. The van der Waals surface area contributed by atoms with Crippen LogP contribution in [0, 0.1) is 0 Å². The number of nitrogens with one attached hydrogen (secondary N) is 1. The van der Waals surface area contributed by atoms with Crippen molar-refractivity contribution in [3.8, 4) is 0 Å². The summed E-state index contributed by atoms with van der Waals surface area (Å²) in [7, 11) is 0. The van der Waals surface area contributed by atoms with Crippen LogP contribution >= 0.6 is 0 Å². The summed E-state index contributed by atoms with van der Waals surface area (Å²) in [6.07, 6.45) is 6.37. The van der Waals surface area contributed by atoms with Gasteiger partial charge in [0, 0.05) is 18.6 Å². The molecule has 3 nitrogen and oxygen atoms in total. The second-order valence-corrected chi connectivity index (χ2v) is 8.01. The normalized spacial score (nSPS) is 21.8. The summed E-state index contributed by atoms with van der Waals surface area (Å²) in [6.45, 7) is 0.547. The van der Waals surface area contributed by atoms with Crippen LogP contribution in [0.5, 0.6) is 0 Å². The van der Waals surface area contributed by atoms with Gasteiger partial charge in [0.15, 0.2) is 0 Å². The van der Waals surface area contributed by atoms with E-state index in [4.69, 9.17) is 5.73 Å². The maximum absolute atomic E-state index is 10.5. The number of rotatable bonds is 7. The van der Waals surface area contributed by atoms with Crippen molar-refractivity contribution < 1.29 is 5.11 Å². The van der Waals surface area contributed by atoms with Crippen molar-refractivity contribution in [2.45, 2.75) is 62.6 Å². The summed E-state index contributed by atoms with van der Waals surface area (Å²) in [4.78, 5) is 0. The van der Waals surface area contributed by atoms with Crippen LogP contribution in [0.3, 0.4) is 0 Å². The molecular formula is C23H30N2O. The summed E-state index contributed by atoms with van der Waals surface area (Å²) in [5.41, 5.74) is 11.8. The van der Waals surface area contributed by atoms with E-state index in [2.05, 4.69) is 35.6 Å². The van der Waals surface area contributed by atoms with Crippen LogP contribution in [0.15, 0.2) is 48.5 Å². The molecule has 4 N–H and O–H groups in total. The molecule has 0 saturated heterocycles. The number of hydrogen-bond donors (Lipinski definition) is 3. The topological polar surface area (TPSA) is 58.3 Å². The van der Waals surface area contributed by atoms with Gasteiger partial charge in [0.1, 0.15) is 0 Å². The SMILES string of the molecule is N[C@@H](Cc1ccccc1)[C@H](O)CN[C@H]1CCCc2ccc(C3CC3)cc21. The van der Waals surface area contributed by atoms with Gasteiger partial charge in [-0.05, 0) is 66.7 Å². The fourth-order valence-electron chi connectivity index (χ4n) is 4.14. The third-order valence-corrected chi connectivity index (χ3v) is 5.91. The Hall–Kier alpha value is -1.68. The third-order valence-electron chi connectivity index (χ3n) is 5.91. The van der Waals surface area contributed by atoms with Crippen molar-refractivity contribution >= 4 is 0 Å². The van der Waals surface area contributed by atoms with E-state index in [1.165, 1.54) is 47.9 Å². The standard InChI is InChI=1S/C23H30N2O/c24-21(13-16-5-2-1-3-6-16)23(26)15-25-22-8-4-7-18-11-12-19(14-20(18)22)17-9-10-17/h1-3,5-6,11-12,14,17,21-23,25-26H,4,7-10,13,15,24H2/t21-,22-,23+/m0/s1. The van der Waals surface area contributed by atoms with E-state index in [1.54, 1.807) is 0 Å². The van der Waals surface area contributed by atoms with E-state index in [1.807, 2.05) is 18.2 Å². The summed E-state index contributed by atoms with van der Waals surface area (Å²) in [5, 5.41) is 14.1. The molecule has 0 aromatic heterocycles. The first kappa shape index (κ1) is 17.7. The first-order chi connectivity index (χ1) is 12.7. The Morgan fingerprint density at radius 1 is 1.08 bits per heavy atom. The van der Waals surface area contributed by atoms with Crippen molar-refractivity contribution in [2.24, 2.45) is 5.73 Å². The molecular weight excluding hydrogens is 320 g/mol. The Morgan fingerprint density at radius 3 is 2.65 bits per heavy atom. The second-order valence-electron chi connectivity index (χ2n) is 8.01. The van der Waals surface area contributed by atoms with Gasteiger partial charge in [-0.15, -0.1) is 0 Å². The van der Waals surface area contributed by atoms with Gasteiger partial charge >= 0.3 is 0 Å². The van der Waals surface area contributed by atoms with E-state index >= 15 is 0 Å². The quantitative estimate of drug-likeness (QED) is 0.717. The predicted octanol–water partition coefficient (Wildman–Crippen LogP) is 3.46. The largest absolute Gasteiger partial charge is 0.390 e. The summed E-state index contributed by atoms with van der Waals surface area (Å²) in [6, 6.07) is 17.3. The van der Waals surface area contributed by atoms with Crippen LogP contribution in [0.4, 0.5) is 0 Å². The van der Waals surface area contributed by atoms with Gasteiger partial charge in [-0.3, -0.25) is 0 Å². The monoisotopic (exact) mass is 350 g/mol. The zero-order chi connectivity index (χ0) is 17.9. The molecule has 0 heterocycles. The molecule has 1 fully saturated rings. The minimum absolute atomic E-state index is 0.245. The number of nitrogens with two attached hydrogens (primary N) is 1. The van der Waals surface area contributed by atoms with E-state index in [-0.39, 0.29) is 6.04 Å². The second kappa shape index (κ2) is 7.91. The molecule has 2 aliphatic rings. The highest BCUT2D eigenvalue weighted by Crippen LogP contribution is 2.42.